The summed E-state index contributed by atoms with van der Waals surface area (Å²) in [6, 6.07) is 7.41. The molecule has 2 heteroatoms. The Morgan fingerprint density at radius 1 is 1.35 bits per heavy atom. The molecule has 0 amide bonds. The average molecular weight is 232 g/mol. The zero-order chi connectivity index (χ0) is 12.1. The lowest BCUT2D eigenvalue weighted by atomic mass is 9.92. The molecule has 1 aromatic rings. The molecule has 0 saturated heterocycles. The van der Waals surface area contributed by atoms with Crippen LogP contribution in [-0.4, -0.2) is 13.1 Å². The zero-order valence-corrected chi connectivity index (χ0v) is 11.1. The highest BCUT2D eigenvalue weighted by Crippen LogP contribution is 2.27. The van der Waals surface area contributed by atoms with E-state index in [1.807, 2.05) is 0 Å². The number of benzene rings is 1. The summed E-state index contributed by atoms with van der Waals surface area (Å²) >= 11 is 0. The predicted molar refractivity (Wildman–Crippen MR) is 74.6 cm³/mol. The number of nitrogens with one attached hydrogen (secondary N) is 2. The molecular formula is C15H24N2. The Hall–Kier alpha value is -1.02. The van der Waals surface area contributed by atoms with E-state index in [1.165, 1.54) is 42.5 Å². The normalized spacial score (nSPS) is 18.8. The van der Waals surface area contributed by atoms with Crippen molar-refractivity contribution in [2.45, 2.75) is 45.6 Å². The number of hydrogen-bond donors (Lipinski definition) is 2. The van der Waals surface area contributed by atoms with E-state index in [-0.39, 0.29) is 0 Å². The highest BCUT2D eigenvalue weighted by atomic mass is 14.9. The van der Waals surface area contributed by atoms with Crippen LogP contribution < -0.4 is 10.6 Å². The molecule has 2 nitrogen and oxygen atoms in total. The van der Waals surface area contributed by atoms with Crippen molar-refractivity contribution in [1.29, 1.82) is 0 Å². The van der Waals surface area contributed by atoms with Gasteiger partial charge in [-0.15, -0.1) is 0 Å². The van der Waals surface area contributed by atoms with Gasteiger partial charge < -0.3 is 10.6 Å². The lowest BCUT2D eigenvalue weighted by Crippen LogP contribution is -2.29. The van der Waals surface area contributed by atoms with Crippen LogP contribution in [0.1, 0.15) is 50.3 Å². The molecule has 0 bridgehead atoms. The molecule has 0 aliphatic carbocycles. The molecule has 1 aliphatic heterocycles. The largest absolute Gasteiger partial charge is 0.385 e. The van der Waals surface area contributed by atoms with Gasteiger partial charge in [-0.1, -0.05) is 26.3 Å². The van der Waals surface area contributed by atoms with Gasteiger partial charge in [-0.05, 0) is 49.1 Å². The minimum absolute atomic E-state index is 0.548. The van der Waals surface area contributed by atoms with E-state index >= 15 is 0 Å². The Kier molecular flexibility index (Phi) is 4.43. The second-order valence-electron chi connectivity index (χ2n) is 4.86. The lowest BCUT2D eigenvalue weighted by Gasteiger charge is -2.26. The Labute approximate surface area is 105 Å². The Morgan fingerprint density at radius 3 is 3.00 bits per heavy atom. The van der Waals surface area contributed by atoms with Gasteiger partial charge in [0.1, 0.15) is 0 Å². The third-order valence-electron chi connectivity index (χ3n) is 3.57. The Morgan fingerprint density at radius 2 is 2.24 bits per heavy atom. The molecular weight excluding hydrogens is 208 g/mol. The van der Waals surface area contributed by atoms with Crippen LogP contribution in [0.4, 0.5) is 5.69 Å². The SMILES string of the molecule is CCCCNc1ccc2c(c1)[C@H](CC)NCC2. The van der Waals surface area contributed by atoms with Gasteiger partial charge in [0.05, 0.1) is 0 Å². The maximum atomic E-state index is 3.59. The van der Waals surface area contributed by atoms with Crippen LogP contribution in [0.3, 0.4) is 0 Å². The van der Waals surface area contributed by atoms with Crippen molar-refractivity contribution >= 4 is 5.69 Å². The summed E-state index contributed by atoms with van der Waals surface area (Å²) in [5.74, 6) is 0. The van der Waals surface area contributed by atoms with E-state index in [2.05, 4.69) is 42.7 Å². The maximum absolute atomic E-state index is 3.59. The van der Waals surface area contributed by atoms with E-state index < -0.39 is 0 Å². The second kappa shape index (κ2) is 6.06. The van der Waals surface area contributed by atoms with Gasteiger partial charge in [-0.25, -0.2) is 0 Å². The first-order valence-corrected chi connectivity index (χ1v) is 6.95. The number of anilines is 1. The molecule has 0 spiro atoms. The van der Waals surface area contributed by atoms with Gasteiger partial charge in [-0.3, -0.25) is 0 Å². The quantitative estimate of drug-likeness (QED) is 0.759. The zero-order valence-electron chi connectivity index (χ0n) is 11.1. The van der Waals surface area contributed by atoms with Crippen LogP contribution in [-0.2, 0) is 6.42 Å². The van der Waals surface area contributed by atoms with Crippen molar-refractivity contribution in [3.05, 3.63) is 29.3 Å². The van der Waals surface area contributed by atoms with Crippen molar-refractivity contribution in [2.75, 3.05) is 18.4 Å². The van der Waals surface area contributed by atoms with Crippen molar-refractivity contribution in [2.24, 2.45) is 0 Å². The molecule has 0 saturated carbocycles. The summed E-state index contributed by atoms with van der Waals surface area (Å²) in [5.41, 5.74) is 4.30. The molecule has 0 aromatic heterocycles. The Balaban J connectivity index is 2.10. The predicted octanol–water partition coefficient (Wildman–Crippen LogP) is 3.50. The van der Waals surface area contributed by atoms with Gasteiger partial charge >= 0.3 is 0 Å². The highest BCUT2D eigenvalue weighted by Gasteiger charge is 2.17. The molecule has 94 valence electrons. The average Bonchev–Trinajstić information content (AvgIpc) is 2.38. The van der Waals surface area contributed by atoms with Gasteiger partial charge in [0, 0.05) is 18.3 Å². The van der Waals surface area contributed by atoms with Crippen LogP contribution in [0, 0.1) is 0 Å². The summed E-state index contributed by atoms with van der Waals surface area (Å²) in [6.45, 7) is 6.68. The van der Waals surface area contributed by atoms with Gasteiger partial charge in [0.25, 0.3) is 0 Å². The summed E-state index contributed by atoms with van der Waals surface area (Å²) in [4.78, 5) is 0. The van der Waals surface area contributed by atoms with Crippen LogP contribution in [0.5, 0.6) is 0 Å². The number of hydrogen-bond acceptors (Lipinski definition) is 2. The molecule has 2 N–H and O–H groups in total. The standard InChI is InChI=1S/C15H24N2/c1-3-5-9-16-13-7-6-12-8-10-17-15(4-2)14(12)11-13/h6-7,11,15-17H,3-5,8-10H2,1-2H3/t15-/m0/s1. The van der Waals surface area contributed by atoms with E-state index in [0.717, 1.165) is 13.1 Å². The fraction of sp³-hybridized carbons (Fsp3) is 0.600. The van der Waals surface area contributed by atoms with Gasteiger partial charge in [0.2, 0.25) is 0 Å². The van der Waals surface area contributed by atoms with Crippen LogP contribution >= 0.6 is 0 Å². The van der Waals surface area contributed by atoms with Crippen molar-refractivity contribution < 1.29 is 0 Å². The van der Waals surface area contributed by atoms with Gasteiger partial charge in [-0.2, -0.15) is 0 Å². The molecule has 1 heterocycles. The van der Waals surface area contributed by atoms with Crippen LogP contribution in [0.2, 0.25) is 0 Å². The molecule has 0 unspecified atom stereocenters. The first-order valence-electron chi connectivity index (χ1n) is 6.95. The van der Waals surface area contributed by atoms with E-state index in [9.17, 15) is 0 Å². The van der Waals surface area contributed by atoms with Crippen LogP contribution in [0.15, 0.2) is 18.2 Å². The molecule has 1 atom stereocenters. The summed E-state index contributed by atoms with van der Waals surface area (Å²) < 4.78 is 0. The molecule has 0 radical (unpaired) electrons. The second-order valence-corrected chi connectivity index (χ2v) is 4.86. The molecule has 2 rings (SSSR count). The van der Waals surface area contributed by atoms with E-state index in [1.54, 1.807) is 0 Å². The summed E-state index contributed by atoms with van der Waals surface area (Å²) in [7, 11) is 0. The Bertz CT molecular complexity index is 360. The van der Waals surface area contributed by atoms with Crippen molar-refractivity contribution in [3.63, 3.8) is 0 Å². The summed E-state index contributed by atoms with van der Waals surface area (Å²) in [6.07, 6.45) is 4.83. The third kappa shape index (κ3) is 3.01. The minimum Gasteiger partial charge on any atom is -0.385 e. The van der Waals surface area contributed by atoms with E-state index in [4.69, 9.17) is 0 Å². The number of fused-ring (bicyclic) bond motifs is 1. The third-order valence-corrected chi connectivity index (χ3v) is 3.57. The molecule has 1 aliphatic rings. The van der Waals surface area contributed by atoms with Gasteiger partial charge in [0.15, 0.2) is 0 Å². The van der Waals surface area contributed by atoms with Crippen molar-refractivity contribution in [3.8, 4) is 0 Å². The number of unbranched alkanes of at least 4 members (excludes halogenated alkanes) is 1. The van der Waals surface area contributed by atoms with Crippen molar-refractivity contribution in [1.82, 2.24) is 5.32 Å². The topological polar surface area (TPSA) is 24.1 Å². The summed E-state index contributed by atoms with van der Waals surface area (Å²) in [5, 5.41) is 7.10. The monoisotopic (exact) mass is 232 g/mol. The number of rotatable bonds is 5. The molecule has 1 aromatic carbocycles. The fourth-order valence-electron chi connectivity index (χ4n) is 2.52. The minimum atomic E-state index is 0.548. The van der Waals surface area contributed by atoms with Crippen LogP contribution in [0.25, 0.3) is 0 Å². The van der Waals surface area contributed by atoms with E-state index in [0.29, 0.717) is 6.04 Å². The fourth-order valence-corrected chi connectivity index (χ4v) is 2.52. The highest BCUT2D eigenvalue weighted by molar-refractivity contribution is 5.50. The lowest BCUT2D eigenvalue weighted by molar-refractivity contribution is 0.493. The first kappa shape index (κ1) is 12.4. The smallest absolute Gasteiger partial charge is 0.0343 e. The molecule has 17 heavy (non-hydrogen) atoms. The maximum Gasteiger partial charge on any atom is 0.0343 e. The first-order chi connectivity index (χ1) is 8.35. The molecule has 0 fully saturated rings.